The summed E-state index contributed by atoms with van der Waals surface area (Å²) in [7, 11) is 0. The van der Waals surface area contributed by atoms with Crippen molar-refractivity contribution in [3.8, 4) is 11.3 Å². The Labute approximate surface area is 148 Å². The third kappa shape index (κ3) is 3.67. The number of carbonyl (C=O) groups excluding carboxylic acids is 1. The summed E-state index contributed by atoms with van der Waals surface area (Å²) < 4.78 is 5.69. The van der Waals surface area contributed by atoms with E-state index in [-0.39, 0.29) is 5.56 Å². The van der Waals surface area contributed by atoms with Gasteiger partial charge < -0.3 is 14.3 Å². The number of carboxylic acids is 1. The lowest BCUT2D eigenvalue weighted by atomic mass is 10.2. The SMILES string of the molecule is O=C([O-])c1ccc(N=Cc2ccc(-c3ccc(Cl)cc3Cl)o2)cc1. The molecule has 0 aliphatic heterocycles. The van der Waals surface area contributed by atoms with E-state index in [1.165, 1.54) is 12.1 Å². The van der Waals surface area contributed by atoms with Gasteiger partial charge in [0.15, 0.2) is 0 Å². The van der Waals surface area contributed by atoms with Crippen molar-refractivity contribution in [3.05, 3.63) is 76.0 Å². The predicted molar refractivity (Wildman–Crippen MR) is 92.2 cm³/mol. The zero-order valence-electron chi connectivity index (χ0n) is 12.2. The van der Waals surface area contributed by atoms with Gasteiger partial charge in [0.25, 0.3) is 0 Å². The average Bonchev–Trinajstić information content (AvgIpc) is 3.02. The van der Waals surface area contributed by atoms with Crippen LogP contribution in [-0.4, -0.2) is 12.2 Å². The van der Waals surface area contributed by atoms with Crippen LogP contribution in [0, 0.1) is 0 Å². The molecule has 2 aromatic carbocycles. The van der Waals surface area contributed by atoms with Gasteiger partial charge in [0, 0.05) is 10.6 Å². The molecule has 0 spiro atoms. The highest BCUT2D eigenvalue weighted by Crippen LogP contribution is 2.31. The zero-order chi connectivity index (χ0) is 17.1. The molecule has 1 heterocycles. The van der Waals surface area contributed by atoms with Crippen LogP contribution in [0.3, 0.4) is 0 Å². The van der Waals surface area contributed by atoms with Gasteiger partial charge in [-0.25, -0.2) is 0 Å². The fourth-order valence-electron chi connectivity index (χ4n) is 2.08. The second kappa shape index (κ2) is 6.91. The first kappa shape index (κ1) is 16.3. The highest BCUT2D eigenvalue weighted by atomic mass is 35.5. The van der Waals surface area contributed by atoms with E-state index in [4.69, 9.17) is 27.6 Å². The minimum atomic E-state index is -1.22. The van der Waals surface area contributed by atoms with Crippen molar-refractivity contribution in [2.24, 2.45) is 4.99 Å². The summed E-state index contributed by atoms with van der Waals surface area (Å²) in [6.07, 6.45) is 1.54. The van der Waals surface area contributed by atoms with Crippen LogP contribution in [0.5, 0.6) is 0 Å². The van der Waals surface area contributed by atoms with Gasteiger partial charge in [-0.3, -0.25) is 4.99 Å². The molecule has 0 N–H and O–H groups in total. The fraction of sp³-hybridized carbons (Fsp3) is 0. The van der Waals surface area contributed by atoms with E-state index in [1.54, 1.807) is 48.7 Å². The first-order valence-corrected chi connectivity index (χ1v) is 7.69. The standard InChI is InChI=1S/C18H11Cl2NO3/c19-12-3-7-15(16(20)9-12)17-8-6-14(24-17)10-21-13-4-1-11(2-5-13)18(22)23/h1-10H,(H,22,23)/p-1. The van der Waals surface area contributed by atoms with Gasteiger partial charge in [0.05, 0.1) is 22.9 Å². The van der Waals surface area contributed by atoms with Gasteiger partial charge in [0.2, 0.25) is 0 Å². The molecule has 3 rings (SSSR count). The van der Waals surface area contributed by atoms with Gasteiger partial charge in [0.1, 0.15) is 11.5 Å². The van der Waals surface area contributed by atoms with Gasteiger partial charge in [-0.2, -0.15) is 0 Å². The normalized spacial score (nSPS) is 11.1. The number of halogens is 2. The molecule has 0 saturated carbocycles. The molecule has 0 aliphatic rings. The highest BCUT2D eigenvalue weighted by Gasteiger charge is 2.08. The predicted octanol–water partition coefficient (Wildman–Crippen LogP) is 4.37. The highest BCUT2D eigenvalue weighted by molar-refractivity contribution is 6.36. The second-order valence-corrected chi connectivity index (χ2v) is 5.76. The van der Waals surface area contributed by atoms with E-state index in [1.807, 2.05) is 0 Å². The Bertz CT molecular complexity index is 914. The van der Waals surface area contributed by atoms with Gasteiger partial charge in [-0.1, -0.05) is 35.3 Å². The van der Waals surface area contributed by atoms with Gasteiger partial charge >= 0.3 is 0 Å². The molecule has 120 valence electrons. The minimum absolute atomic E-state index is 0.103. The van der Waals surface area contributed by atoms with E-state index in [0.29, 0.717) is 27.3 Å². The van der Waals surface area contributed by atoms with E-state index < -0.39 is 5.97 Å². The minimum Gasteiger partial charge on any atom is -0.545 e. The Morgan fingerprint density at radius 3 is 2.46 bits per heavy atom. The van der Waals surface area contributed by atoms with Crippen molar-refractivity contribution in [2.45, 2.75) is 0 Å². The van der Waals surface area contributed by atoms with E-state index in [2.05, 4.69) is 4.99 Å². The lowest BCUT2D eigenvalue weighted by molar-refractivity contribution is -0.255. The topological polar surface area (TPSA) is 65.6 Å². The van der Waals surface area contributed by atoms with Crippen molar-refractivity contribution >= 4 is 41.1 Å². The summed E-state index contributed by atoms with van der Waals surface area (Å²) in [5.74, 6) is -0.0774. The monoisotopic (exact) mass is 358 g/mol. The number of hydrogen-bond donors (Lipinski definition) is 0. The Hall–Kier alpha value is -2.56. The van der Waals surface area contributed by atoms with Crippen LogP contribution < -0.4 is 5.11 Å². The molecule has 0 fully saturated rings. The number of carbonyl (C=O) groups is 1. The maximum atomic E-state index is 10.7. The number of carboxylic acid groups (broad SMARTS) is 1. The largest absolute Gasteiger partial charge is 0.545 e. The second-order valence-electron chi connectivity index (χ2n) is 4.92. The Morgan fingerprint density at radius 2 is 1.79 bits per heavy atom. The summed E-state index contributed by atoms with van der Waals surface area (Å²) >= 11 is 12.0. The first-order chi connectivity index (χ1) is 11.5. The fourth-order valence-corrected chi connectivity index (χ4v) is 2.58. The number of nitrogens with zero attached hydrogens (tertiary/aromatic N) is 1. The lowest BCUT2D eigenvalue weighted by Crippen LogP contribution is -2.21. The van der Waals surface area contributed by atoms with E-state index >= 15 is 0 Å². The van der Waals surface area contributed by atoms with Gasteiger partial charge in [-0.15, -0.1) is 0 Å². The third-order valence-corrected chi connectivity index (χ3v) is 3.82. The molecule has 0 atom stereocenters. The molecule has 4 nitrogen and oxygen atoms in total. The summed E-state index contributed by atoms with van der Waals surface area (Å²) in [6.45, 7) is 0. The van der Waals surface area contributed by atoms with Crippen LogP contribution >= 0.6 is 23.2 Å². The van der Waals surface area contributed by atoms with Crippen molar-refractivity contribution < 1.29 is 14.3 Å². The third-order valence-electron chi connectivity index (χ3n) is 3.27. The van der Waals surface area contributed by atoms with Crippen molar-refractivity contribution in [3.63, 3.8) is 0 Å². The summed E-state index contributed by atoms with van der Waals surface area (Å²) in [5.41, 5.74) is 1.44. The molecule has 0 unspecified atom stereocenters. The quantitative estimate of drug-likeness (QED) is 0.650. The lowest BCUT2D eigenvalue weighted by Gasteiger charge is -2.01. The van der Waals surface area contributed by atoms with Crippen LogP contribution in [0.25, 0.3) is 11.3 Å². The van der Waals surface area contributed by atoms with Crippen molar-refractivity contribution in [2.75, 3.05) is 0 Å². The molecular weight excluding hydrogens is 349 g/mol. The van der Waals surface area contributed by atoms with Gasteiger partial charge in [-0.05, 0) is 48.0 Å². The smallest absolute Gasteiger partial charge is 0.145 e. The van der Waals surface area contributed by atoms with E-state index in [0.717, 1.165) is 5.56 Å². The molecule has 6 heteroatoms. The zero-order valence-corrected chi connectivity index (χ0v) is 13.7. The molecule has 0 radical (unpaired) electrons. The molecule has 0 bridgehead atoms. The number of benzene rings is 2. The summed E-state index contributed by atoms with van der Waals surface area (Å²) in [6, 6.07) is 14.7. The van der Waals surface area contributed by atoms with Crippen LogP contribution in [0.2, 0.25) is 10.0 Å². The van der Waals surface area contributed by atoms with Crippen LogP contribution in [0.15, 0.2) is 64.0 Å². The van der Waals surface area contributed by atoms with Crippen LogP contribution in [0.4, 0.5) is 5.69 Å². The summed E-state index contributed by atoms with van der Waals surface area (Å²) in [5, 5.41) is 11.7. The number of rotatable bonds is 4. The number of furan rings is 1. The molecular formula is C18H10Cl2NO3-. The average molecular weight is 359 g/mol. The Kier molecular flexibility index (Phi) is 4.69. The maximum Gasteiger partial charge on any atom is 0.145 e. The molecule has 1 aromatic heterocycles. The Balaban J connectivity index is 1.79. The Morgan fingerprint density at radius 1 is 1.04 bits per heavy atom. The number of hydrogen-bond acceptors (Lipinski definition) is 4. The van der Waals surface area contributed by atoms with Crippen LogP contribution in [0.1, 0.15) is 16.1 Å². The molecule has 24 heavy (non-hydrogen) atoms. The van der Waals surface area contributed by atoms with Crippen molar-refractivity contribution in [1.29, 1.82) is 0 Å². The molecule has 0 amide bonds. The summed E-state index contributed by atoms with van der Waals surface area (Å²) in [4.78, 5) is 14.9. The van der Waals surface area contributed by atoms with Crippen molar-refractivity contribution in [1.82, 2.24) is 0 Å². The number of aliphatic imine (C=N–C) groups is 1. The maximum absolute atomic E-state index is 10.7. The van der Waals surface area contributed by atoms with Crippen LogP contribution in [-0.2, 0) is 0 Å². The molecule has 3 aromatic rings. The molecule has 0 aliphatic carbocycles. The first-order valence-electron chi connectivity index (χ1n) is 6.94. The van der Waals surface area contributed by atoms with E-state index in [9.17, 15) is 9.90 Å². The number of aromatic carboxylic acids is 1. The molecule has 0 saturated heterocycles.